The number of nitrogens with two attached hydrogens (primary N) is 1. The second-order valence-corrected chi connectivity index (χ2v) is 13.4. The molecule has 1 aliphatic carbocycles. The maximum absolute atomic E-state index is 14.3. The van der Waals surface area contributed by atoms with Gasteiger partial charge >= 0.3 is 0 Å². The first-order valence-electron chi connectivity index (χ1n) is 14.2. The van der Waals surface area contributed by atoms with Gasteiger partial charge in [-0.15, -0.1) is 0 Å². The van der Waals surface area contributed by atoms with E-state index < -0.39 is 35.0 Å². The molecule has 10 heteroatoms. The van der Waals surface area contributed by atoms with E-state index in [4.69, 9.17) is 10.5 Å². The molecule has 0 unspecified atom stereocenters. The van der Waals surface area contributed by atoms with Crippen LogP contribution in [0.25, 0.3) is 10.2 Å². The molecule has 218 valence electrons. The van der Waals surface area contributed by atoms with E-state index in [0.717, 1.165) is 27.9 Å². The summed E-state index contributed by atoms with van der Waals surface area (Å²) in [5.41, 5.74) is 6.95. The highest BCUT2D eigenvalue weighted by Crippen LogP contribution is 2.46. The Kier molecular flexibility index (Phi) is 7.72. The number of hydrogen-bond donors (Lipinski definition) is 3. The van der Waals surface area contributed by atoms with Crippen LogP contribution in [0.5, 0.6) is 5.19 Å². The number of carbonyl (C=O) groups excluding carboxylic acids is 3. The molecule has 41 heavy (non-hydrogen) atoms. The summed E-state index contributed by atoms with van der Waals surface area (Å²) >= 11 is 1.43. The minimum absolute atomic E-state index is 0.00499. The second-order valence-electron chi connectivity index (χ2n) is 12.4. The number of anilines is 1. The van der Waals surface area contributed by atoms with Crippen molar-refractivity contribution in [1.29, 1.82) is 0 Å². The first kappa shape index (κ1) is 28.9. The molecule has 1 saturated heterocycles. The number of aryl methyl sites for hydroxylation is 1. The van der Waals surface area contributed by atoms with E-state index in [1.165, 1.54) is 11.3 Å². The van der Waals surface area contributed by atoms with Crippen LogP contribution in [0.3, 0.4) is 0 Å². The number of carbonyl (C=O) groups is 3. The van der Waals surface area contributed by atoms with Gasteiger partial charge < -0.3 is 26.0 Å². The maximum atomic E-state index is 14.3. The number of thiazole rings is 1. The number of aromatic nitrogens is 1. The fraction of sp³-hybridized carbons (Fsp3) is 0.484. The molecule has 2 aromatic carbocycles. The number of likely N-dealkylation sites (tertiary alicyclic amines) is 1. The highest BCUT2D eigenvalue weighted by Gasteiger charge is 2.60. The highest BCUT2D eigenvalue weighted by molar-refractivity contribution is 7.20. The molecular formula is C31H39N5O4S. The summed E-state index contributed by atoms with van der Waals surface area (Å²) < 4.78 is 7.28. The van der Waals surface area contributed by atoms with Crippen LogP contribution in [0.15, 0.2) is 48.5 Å². The highest BCUT2D eigenvalue weighted by atomic mass is 32.1. The molecule has 5 atom stereocenters. The molecule has 0 bridgehead atoms. The molecule has 4 N–H and O–H groups in total. The van der Waals surface area contributed by atoms with Crippen LogP contribution in [0, 0.1) is 18.3 Å². The van der Waals surface area contributed by atoms with Gasteiger partial charge in [0.05, 0.1) is 16.8 Å². The van der Waals surface area contributed by atoms with E-state index in [9.17, 15) is 14.4 Å². The van der Waals surface area contributed by atoms with Crippen molar-refractivity contribution >= 4 is 45.0 Å². The van der Waals surface area contributed by atoms with Crippen LogP contribution in [-0.2, 0) is 14.4 Å². The smallest absolute Gasteiger partial charge is 0.274 e. The van der Waals surface area contributed by atoms with E-state index in [0.29, 0.717) is 11.6 Å². The predicted molar refractivity (Wildman–Crippen MR) is 161 cm³/mol. The zero-order valence-corrected chi connectivity index (χ0v) is 25.1. The molecule has 3 aromatic rings. The Balaban J connectivity index is 1.42. The van der Waals surface area contributed by atoms with Crippen molar-refractivity contribution in [2.75, 3.05) is 11.9 Å². The number of amides is 3. The molecule has 2 heterocycles. The van der Waals surface area contributed by atoms with Gasteiger partial charge in [-0.25, -0.2) is 4.98 Å². The molecule has 5 rings (SSSR count). The SMILES string of the molecule is CC[C@@H]1C[C@]1(NC(=O)[C@@H]1C[C@@H](Oc2nc3ccccc3s2)CN1C(=O)[C@@H](Nc1cccc(C)c1)C(C)(C)C)C(N)=O. The van der Waals surface area contributed by atoms with Crippen molar-refractivity contribution < 1.29 is 19.1 Å². The summed E-state index contributed by atoms with van der Waals surface area (Å²) in [6.45, 7) is 10.2. The molecule has 0 spiro atoms. The Bertz CT molecular complexity index is 1430. The van der Waals surface area contributed by atoms with E-state index in [-0.39, 0.29) is 30.7 Å². The second kappa shape index (κ2) is 11.0. The molecule has 0 radical (unpaired) electrons. The number of primary amides is 1. The fourth-order valence-corrected chi connectivity index (χ4v) is 6.66. The van der Waals surface area contributed by atoms with Gasteiger partial charge in [0, 0.05) is 12.1 Å². The standard InChI is InChI=1S/C31H39N5O4S/c1-6-19-16-31(19,28(32)39)35-26(37)23-15-21(40-29-34-22-12-7-8-13-24(22)41-29)17-36(23)27(38)25(30(3,4)5)33-20-11-9-10-18(2)14-20/h7-14,19,21,23,25,33H,6,15-17H2,1-5H3,(H2,32,39)(H,35,37)/t19-,21-,23+,25-,31-/m1/s1. The topological polar surface area (TPSA) is 127 Å². The molecule has 1 aliphatic heterocycles. The normalized spacial score (nSPS) is 24.6. The summed E-state index contributed by atoms with van der Waals surface area (Å²) in [5, 5.41) is 6.86. The van der Waals surface area contributed by atoms with Crippen LogP contribution in [0.1, 0.15) is 52.5 Å². The third kappa shape index (κ3) is 5.88. The number of benzene rings is 2. The van der Waals surface area contributed by atoms with E-state index in [2.05, 4.69) is 15.6 Å². The largest absolute Gasteiger partial charge is 0.465 e. The average Bonchev–Trinajstić information content (AvgIpc) is 3.24. The first-order valence-corrected chi connectivity index (χ1v) is 15.0. The number of rotatable bonds is 9. The molecule has 2 fully saturated rings. The Hall–Kier alpha value is -3.66. The predicted octanol–water partition coefficient (Wildman–Crippen LogP) is 4.25. The lowest BCUT2D eigenvalue weighted by Gasteiger charge is -2.36. The van der Waals surface area contributed by atoms with E-state index in [1.54, 1.807) is 4.90 Å². The third-order valence-corrected chi connectivity index (χ3v) is 9.14. The van der Waals surface area contributed by atoms with Crippen LogP contribution in [0.2, 0.25) is 0 Å². The van der Waals surface area contributed by atoms with Gasteiger partial charge in [-0.1, -0.05) is 69.7 Å². The quantitative estimate of drug-likeness (QED) is 0.349. The number of ether oxygens (including phenoxy) is 1. The number of para-hydroxylation sites is 1. The lowest BCUT2D eigenvalue weighted by molar-refractivity contribution is -0.141. The molecule has 9 nitrogen and oxygen atoms in total. The van der Waals surface area contributed by atoms with Crippen molar-refractivity contribution in [3.8, 4) is 5.19 Å². The molecule has 1 saturated carbocycles. The van der Waals surface area contributed by atoms with Gasteiger partial charge in [-0.2, -0.15) is 0 Å². The van der Waals surface area contributed by atoms with Crippen molar-refractivity contribution in [2.45, 2.75) is 77.6 Å². The van der Waals surface area contributed by atoms with Gasteiger partial charge in [-0.05, 0) is 54.5 Å². The van der Waals surface area contributed by atoms with Gasteiger partial charge in [-0.3, -0.25) is 14.4 Å². The van der Waals surface area contributed by atoms with Crippen LogP contribution in [-0.4, -0.2) is 57.9 Å². The minimum Gasteiger partial charge on any atom is -0.465 e. The summed E-state index contributed by atoms with van der Waals surface area (Å²) in [5.74, 6) is -1.13. The van der Waals surface area contributed by atoms with Gasteiger partial charge in [0.15, 0.2) is 0 Å². The van der Waals surface area contributed by atoms with Crippen LogP contribution < -0.4 is 21.1 Å². The van der Waals surface area contributed by atoms with E-state index >= 15 is 0 Å². The minimum atomic E-state index is -1.06. The maximum Gasteiger partial charge on any atom is 0.274 e. The lowest BCUT2D eigenvalue weighted by atomic mass is 9.85. The summed E-state index contributed by atoms with van der Waals surface area (Å²) in [6, 6.07) is 14.2. The molecule has 2 aliphatic rings. The van der Waals surface area contributed by atoms with Crippen LogP contribution in [0.4, 0.5) is 5.69 Å². The van der Waals surface area contributed by atoms with Gasteiger partial charge in [0.25, 0.3) is 5.19 Å². The van der Waals surface area contributed by atoms with Crippen molar-refractivity contribution in [1.82, 2.24) is 15.2 Å². The third-order valence-electron chi connectivity index (χ3n) is 8.22. The number of hydrogen-bond acceptors (Lipinski definition) is 7. The number of nitrogens with one attached hydrogen (secondary N) is 2. The molecular weight excluding hydrogens is 538 g/mol. The Labute approximate surface area is 244 Å². The zero-order chi connectivity index (χ0) is 29.5. The van der Waals surface area contributed by atoms with Crippen molar-refractivity contribution in [3.63, 3.8) is 0 Å². The average molecular weight is 578 g/mol. The Morgan fingerprint density at radius 3 is 2.59 bits per heavy atom. The number of fused-ring (bicyclic) bond motifs is 1. The summed E-state index contributed by atoms with van der Waals surface area (Å²) in [6.07, 6.45) is 1.07. The molecule has 1 aromatic heterocycles. The van der Waals surface area contributed by atoms with E-state index in [1.807, 2.05) is 83.1 Å². The monoisotopic (exact) mass is 577 g/mol. The first-order chi connectivity index (χ1) is 19.4. The van der Waals surface area contributed by atoms with Gasteiger partial charge in [0.2, 0.25) is 17.7 Å². The Morgan fingerprint density at radius 1 is 1.20 bits per heavy atom. The van der Waals surface area contributed by atoms with Crippen molar-refractivity contribution in [2.24, 2.45) is 17.1 Å². The summed E-state index contributed by atoms with van der Waals surface area (Å²) in [4.78, 5) is 46.6. The number of nitrogens with zero attached hydrogens (tertiary/aromatic N) is 2. The fourth-order valence-electron chi connectivity index (χ4n) is 5.78. The zero-order valence-electron chi connectivity index (χ0n) is 24.3. The van der Waals surface area contributed by atoms with Crippen molar-refractivity contribution in [3.05, 3.63) is 54.1 Å². The molecule has 3 amide bonds. The lowest BCUT2D eigenvalue weighted by Crippen LogP contribution is -2.57. The summed E-state index contributed by atoms with van der Waals surface area (Å²) in [7, 11) is 0. The Morgan fingerprint density at radius 2 is 1.95 bits per heavy atom. The van der Waals surface area contributed by atoms with Crippen LogP contribution >= 0.6 is 11.3 Å². The van der Waals surface area contributed by atoms with Gasteiger partial charge in [0.1, 0.15) is 23.7 Å².